The third-order valence-corrected chi connectivity index (χ3v) is 5.42. The van der Waals surface area contributed by atoms with E-state index in [2.05, 4.69) is 10.2 Å². The highest BCUT2D eigenvalue weighted by molar-refractivity contribution is 5.80. The Balaban J connectivity index is 0.000000196. The lowest BCUT2D eigenvalue weighted by molar-refractivity contribution is -0.117. The van der Waals surface area contributed by atoms with Crippen molar-refractivity contribution < 1.29 is 19.4 Å². The maximum absolute atomic E-state index is 11.2. The Morgan fingerprint density at radius 2 is 1.29 bits per heavy atom. The average Bonchev–Trinajstić information content (AvgIpc) is 3.42. The van der Waals surface area contributed by atoms with Crippen molar-refractivity contribution in [1.82, 2.24) is 19.6 Å². The minimum atomic E-state index is 0.103. The first-order valence-electron chi connectivity index (χ1n) is 11.1. The predicted octanol–water partition coefficient (Wildman–Crippen LogP) is 4.15. The van der Waals surface area contributed by atoms with Crippen LogP contribution in [0.1, 0.15) is 25.0 Å². The zero-order chi connectivity index (χ0) is 25.5. The molecule has 0 saturated heterocycles. The Labute approximate surface area is 204 Å². The molecule has 182 valence electrons. The predicted molar refractivity (Wildman–Crippen MR) is 134 cm³/mol. The number of phenolic OH excluding ortho intramolecular Hbond substituents is 1. The van der Waals surface area contributed by atoms with Crippen LogP contribution >= 0.6 is 0 Å². The van der Waals surface area contributed by atoms with Crippen LogP contribution in [0.25, 0.3) is 22.5 Å². The lowest BCUT2D eigenvalue weighted by Crippen LogP contribution is -2.00. The summed E-state index contributed by atoms with van der Waals surface area (Å²) in [5.41, 5.74) is 5.33. The first kappa shape index (κ1) is 25.4. The molecule has 0 aliphatic rings. The molecule has 1 N–H and O–H groups in total. The van der Waals surface area contributed by atoms with Gasteiger partial charge in [-0.3, -0.25) is 19.0 Å². The van der Waals surface area contributed by atoms with E-state index in [1.54, 1.807) is 54.8 Å². The number of aromatic nitrogens is 4. The van der Waals surface area contributed by atoms with E-state index in [0.717, 1.165) is 33.8 Å². The molecule has 0 bridgehead atoms. The second-order valence-electron chi connectivity index (χ2n) is 8.32. The highest BCUT2D eigenvalue weighted by Crippen LogP contribution is 2.31. The van der Waals surface area contributed by atoms with Gasteiger partial charge in [0.25, 0.3) is 0 Å². The number of Topliss-reactive ketones (excluding diaryl/α,β-unsaturated/α-hetero) is 2. The van der Waals surface area contributed by atoms with Crippen LogP contribution in [0, 0.1) is 0 Å². The van der Waals surface area contributed by atoms with Gasteiger partial charge in [-0.25, -0.2) is 0 Å². The number of rotatable bonds is 7. The van der Waals surface area contributed by atoms with Gasteiger partial charge in [0, 0.05) is 50.5 Å². The number of aryl methyl sites for hydroxylation is 2. The van der Waals surface area contributed by atoms with E-state index in [-0.39, 0.29) is 17.3 Å². The molecule has 0 saturated carbocycles. The van der Waals surface area contributed by atoms with Gasteiger partial charge in [-0.2, -0.15) is 10.2 Å². The average molecular weight is 475 g/mol. The van der Waals surface area contributed by atoms with Gasteiger partial charge in [0.2, 0.25) is 0 Å². The molecule has 0 fully saturated rings. The maximum Gasteiger partial charge on any atom is 0.134 e. The van der Waals surface area contributed by atoms with Gasteiger partial charge >= 0.3 is 0 Å². The van der Waals surface area contributed by atoms with Crippen LogP contribution in [0.3, 0.4) is 0 Å². The molecule has 2 heterocycles. The molecule has 8 nitrogen and oxygen atoms in total. The molecular formula is C27H30N4O4. The van der Waals surface area contributed by atoms with Gasteiger partial charge in [0.1, 0.15) is 23.1 Å². The van der Waals surface area contributed by atoms with E-state index < -0.39 is 0 Å². The number of aromatic hydroxyl groups is 1. The molecule has 8 heteroatoms. The fourth-order valence-electron chi connectivity index (χ4n) is 3.81. The zero-order valence-electron chi connectivity index (χ0n) is 20.6. The highest BCUT2D eigenvalue weighted by atomic mass is 16.5. The first-order chi connectivity index (χ1) is 16.7. The van der Waals surface area contributed by atoms with Gasteiger partial charge in [-0.05, 0) is 61.4 Å². The molecule has 0 atom stereocenters. The summed E-state index contributed by atoms with van der Waals surface area (Å²) in [6, 6.07) is 14.7. The molecule has 0 spiro atoms. The number of hydrogen-bond acceptors (Lipinski definition) is 6. The van der Waals surface area contributed by atoms with Gasteiger partial charge in [-0.1, -0.05) is 12.1 Å². The van der Waals surface area contributed by atoms with Crippen LogP contribution in [-0.2, 0) is 36.5 Å². The van der Waals surface area contributed by atoms with Crippen molar-refractivity contribution in [2.24, 2.45) is 14.1 Å². The molecule has 35 heavy (non-hydrogen) atoms. The Morgan fingerprint density at radius 1 is 0.800 bits per heavy atom. The number of hydrogen-bond donors (Lipinski definition) is 1. The third kappa shape index (κ3) is 6.44. The summed E-state index contributed by atoms with van der Waals surface area (Å²) < 4.78 is 8.83. The maximum atomic E-state index is 11.2. The van der Waals surface area contributed by atoms with Crippen LogP contribution in [-0.4, -0.2) is 43.3 Å². The Kier molecular flexibility index (Phi) is 8.20. The van der Waals surface area contributed by atoms with E-state index in [0.29, 0.717) is 18.4 Å². The zero-order valence-corrected chi connectivity index (χ0v) is 20.6. The first-order valence-corrected chi connectivity index (χ1v) is 11.1. The molecule has 0 radical (unpaired) electrons. The summed E-state index contributed by atoms with van der Waals surface area (Å²) in [6.07, 6.45) is 4.23. The lowest BCUT2D eigenvalue weighted by atomic mass is 10.0. The van der Waals surface area contributed by atoms with Gasteiger partial charge in [-0.15, -0.1) is 0 Å². The quantitative estimate of drug-likeness (QED) is 0.432. The van der Waals surface area contributed by atoms with Gasteiger partial charge in [0.15, 0.2) is 0 Å². The van der Waals surface area contributed by atoms with Crippen LogP contribution in [0.5, 0.6) is 11.5 Å². The van der Waals surface area contributed by atoms with Crippen molar-refractivity contribution in [3.63, 3.8) is 0 Å². The lowest BCUT2D eigenvalue weighted by Gasteiger charge is -2.10. The van der Waals surface area contributed by atoms with Gasteiger partial charge < -0.3 is 9.84 Å². The second kappa shape index (κ2) is 11.3. The number of phenols is 1. The van der Waals surface area contributed by atoms with E-state index in [1.807, 2.05) is 50.5 Å². The monoisotopic (exact) mass is 474 g/mol. The number of carbonyl (C=O) groups is 2. The largest absolute Gasteiger partial charge is 0.507 e. The minimum absolute atomic E-state index is 0.103. The van der Waals surface area contributed by atoms with E-state index >= 15 is 0 Å². The van der Waals surface area contributed by atoms with E-state index in [9.17, 15) is 14.7 Å². The fraction of sp³-hybridized carbons (Fsp3) is 0.259. The molecule has 0 unspecified atom stereocenters. The number of methoxy groups -OCH3 is 1. The van der Waals surface area contributed by atoms with Crippen LogP contribution < -0.4 is 4.74 Å². The molecule has 0 aliphatic carbocycles. The minimum Gasteiger partial charge on any atom is -0.507 e. The van der Waals surface area contributed by atoms with Crippen LogP contribution in [0.15, 0.2) is 60.9 Å². The molecule has 0 aliphatic heterocycles. The molecule has 2 aromatic carbocycles. The number of benzene rings is 2. The smallest absolute Gasteiger partial charge is 0.134 e. The Hall–Kier alpha value is -4.20. The summed E-state index contributed by atoms with van der Waals surface area (Å²) >= 11 is 0. The molecule has 2 aromatic heterocycles. The molecule has 4 aromatic rings. The van der Waals surface area contributed by atoms with Crippen molar-refractivity contribution >= 4 is 11.6 Å². The number of carbonyl (C=O) groups excluding carboxylic acids is 2. The third-order valence-electron chi connectivity index (χ3n) is 5.42. The summed E-state index contributed by atoms with van der Waals surface area (Å²) in [6.45, 7) is 3.14. The Bertz CT molecular complexity index is 1340. The number of ketones is 2. The van der Waals surface area contributed by atoms with Crippen LogP contribution in [0.4, 0.5) is 0 Å². The molecule has 4 rings (SSSR count). The molecule has 0 amide bonds. The van der Waals surface area contributed by atoms with Crippen molar-refractivity contribution in [3.8, 4) is 34.0 Å². The summed E-state index contributed by atoms with van der Waals surface area (Å²) in [7, 11) is 5.33. The number of nitrogens with zero attached hydrogens (tertiary/aromatic N) is 4. The topological polar surface area (TPSA) is 99.2 Å². The standard InChI is InChI=1S/C14H16N2O2.C13H14N2O2/c1-10(17)8-11-4-5-14(18-3)12(9-11)13-6-7-15-16(13)2;1-9(16)7-10-3-4-13(17)11(8-10)12-5-6-14-15(12)2/h4-7,9H,8H2,1-3H3;3-6,8,17H,7H2,1-2H3. The normalized spacial score (nSPS) is 10.4. The van der Waals surface area contributed by atoms with Crippen molar-refractivity contribution in [1.29, 1.82) is 0 Å². The van der Waals surface area contributed by atoms with E-state index in [4.69, 9.17) is 4.74 Å². The second-order valence-corrected chi connectivity index (χ2v) is 8.32. The van der Waals surface area contributed by atoms with Crippen molar-refractivity contribution in [2.75, 3.05) is 7.11 Å². The van der Waals surface area contributed by atoms with E-state index in [1.165, 1.54) is 0 Å². The SMILES string of the molecule is CC(=O)Cc1ccc(O)c(-c2ccnn2C)c1.COc1ccc(CC(C)=O)cc1-c1ccnn1C. The summed E-state index contributed by atoms with van der Waals surface area (Å²) in [5, 5.41) is 18.1. The summed E-state index contributed by atoms with van der Waals surface area (Å²) in [4.78, 5) is 22.3. The Morgan fingerprint density at radius 3 is 1.74 bits per heavy atom. The van der Waals surface area contributed by atoms with Gasteiger partial charge in [0.05, 0.1) is 18.5 Å². The highest BCUT2D eigenvalue weighted by Gasteiger charge is 2.11. The number of ether oxygens (including phenoxy) is 1. The fourth-order valence-corrected chi connectivity index (χ4v) is 3.81. The van der Waals surface area contributed by atoms with Crippen molar-refractivity contribution in [3.05, 3.63) is 72.1 Å². The molecular weight excluding hydrogens is 444 g/mol. The van der Waals surface area contributed by atoms with Crippen LogP contribution in [0.2, 0.25) is 0 Å². The summed E-state index contributed by atoms with van der Waals surface area (Å²) in [5.74, 6) is 1.23. The van der Waals surface area contributed by atoms with Crippen molar-refractivity contribution in [2.45, 2.75) is 26.7 Å².